The van der Waals surface area contributed by atoms with Gasteiger partial charge >= 0.3 is 0 Å². The van der Waals surface area contributed by atoms with E-state index in [1.54, 1.807) is 7.11 Å². The molecule has 1 N–H and O–H groups in total. The normalized spacial score (nSPS) is 10.9. The molecule has 0 fully saturated rings. The van der Waals surface area contributed by atoms with E-state index in [1.807, 2.05) is 13.0 Å². The van der Waals surface area contributed by atoms with E-state index >= 15 is 0 Å². The molecular weight excluding hydrogens is 282 g/mol. The Morgan fingerprint density at radius 2 is 2.06 bits per heavy atom. The van der Waals surface area contributed by atoms with Crippen LogP contribution < -0.4 is 10.1 Å². The molecule has 4 heteroatoms. The first-order valence-corrected chi connectivity index (χ1v) is 6.48. The molecule has 3 nitrogen and oxygen atoms in total. The van der Waals surface area contributed by atoms with Crippen molar-refractivity contribution in [2.24, 2.45) is 0 Å². The molecular formula is C13H20BrNO2. The number of aryl methyl sites for hydroxylation is 1. The summed E-state index contributed by atoms with van der Waals surface area (Å²) in [5, 5.41) is 3.39. The quantitative estimate of drug-likeness (QED) is 0.818. The van der Waals surface area contributed by atoms with E-state index in [4.69, 9.17) is 9.47 Å². The van der Waals surface area contributed by atoms with E-state index in [1.165, 1.54) is 0 Å². The second-order valence-corrected chi connectivity index (χ2v) is 5.21. The third kappa shape index (κ3) is 4.66. The number of halogens is 1. The number of methoxy groups -OCH3 is 1. The summed E-state index contributed by atoms with van der Waals surface area (Å²) in [6.45, 7) is 7.35. The number of rotatable bonds is 6. The highest BCUT2D eigenvalue weighted by molar-refractivity contribution is 9.10. The lowest BCUT2D eigenvalue weighted by Crippen LogP contribution is -2.22. The van der Waals surface area contributed by atoms with Crippen molar-refractivity contribution in [3.8, 4) is 5.75 Å². The van der Waals surface area contributed by atoms with Crippen LogP contribution in [0.25, 0.3) is 0 Å². The minimum absolute atomic E-state index is 0.275. The van der Waals surface area contributed by atoms with Gasteiger partial charge in [0.1, 0.15) is 5.75 Å². The summed E-state index contributed by atoms with van der Waals surface area (Å²) in [5.74, 6) is 0.906. The van der Waals surface area contributed by atoms with Crippen molar-refractivity contribution in [2.75, 3.05) is 13.9 Å². The van der Waals surface area contributed by atoms with Crippen molar-refractivity contribution in [3.05, 3.63) is 27.7 Å². The molecule has 0 bridgehead atoms. The van der Waals surface area contributed by atoms with Crippen LogP contribution in [-0.4, -0.2) is 19.9 Å². The highest BCUT2D eigenvalue weighted by atomic mass is 79.9. The Balaban J connectivity index is 2.89. The fourth-order valence-corrected chi connectivity index (χ4v) is 2.19. The van der Waals surface area contributed by atoms with Crippen LogP contribution in [0.15, 0.2) is 16.6 Å². The van der Waals surface area contributed by atoms with Crippen LogP contribution in [0.4, 0.5) is 0 Å². The van der Waals surface area contributed by atoms with Gasteiger partial charge in [0, 0.05) is 29.7 Å². The second kappa shape index (κ2) is 6.99. The first-order chi connectivity index (χ1) is 8.04. The van der Waals surface area contributed by atoms with Crippen LogP contribution in [0.1, 0.15) is 25.0 Å². The van der Waals surface area contributed by atoms with Crippen LogP contribution in [0.3, 0.4) is 0 Å². The predicted molar refractivity (Wildman–Crippen MR) is 73.4 cm³/mol. The monoisotopic (exact) mass is 301 g/mol. The molecule has 0 heterocycles. The van der Waals surface area contributed by atoms with Gasteiger partial charge in [-0.25, -0.2) is 0 Å². The van der Waals surface area contributed by atoms with E-state index < -0.39 is 0 Å². The minimum Gasteiger partial charge on any atom is -0.467 e. The van der Waals surface area contributed by atoms with E-state index in [-0.39, 0.29) is 6.79 Å². The zero-order valence-corrected chi connectivity index (χ0v) is 12.4. The van der Waals surface area contributed by atoms with Gasteiger partial charge in [0.25, 0.3) is 0 Å². The molecule has 0 unspecified atom stereocenters. The van der Waals surface area contributed by atoms with E-state index in [0.717, 1.165) is 27.9 Å². The Hall–Kier alpha value is -0.580. The molecule has 0 atom stereocenters. The number of nitrogens with one attached hydrogen (secondary N) is 1. The summed E-state index contributed by atoms with van der Waals surface area (Å²) < 4.78 is 11.6. The Morgan fingerprint density at radius 3 is 2.65 bits per heavy atom. The maximum Gasteiger partial charge on any atom is 0.188 e. The van der Waals surface area contributed by atoms with E-state index in [2.05, 4.69) is 41.2 Å². The summed E-state index contributed by atoms with van der Waals surface area (Å²) in [6, 6.07) is 4.57. The zero-order chi connectivity index (χ0) is 12.8. The molecule has 0 saturated carbocycles. The number of hydrogen-bond donors (Lipinski definition) is 1. The largest absolute Gasteiger partial charge is 0.467 e. The van der Waals surface area contributed by atoms with Gasteiger partial charge in [-0.1, -0.05) is 29.8 Å². The highest BCUT2D eigenvalue weighted by Crippen LogP contribution is 2.28. The fraction of sp³-hybridized carbons (Fsp3) is 0.538. The molecule has 0 aliphatic heterocycles. The molecule has 96 valence electrons. The third-order valence-electron chi connectivity index (χ3n) is 2.34. The lowest BCUT2D eigenvalue weighted by atomic mass is 10.1. The summed E-state index contributed by atoms with van der Waals surface area (Å²) in [5.41, 5.74) is 2.25. The van der Waals surface area contributed by atoms with Gasteiger partial charge in [0.15, 0.2) is 6.79 Å². The van der Waals surface area contributed by atoms with Gasteiger partial charge in [0.2, 0.25) is 0 Å². The van der Waals surface area contributed by atoms with Crippen LogP contribution >= 0.6 is 15.9 Å². The summed E-state index contributed by atoms with van der Waals surface area (Å²) in [4.78, 5) is 0. The molecule has 0 aromatic heterocycles. The topological polar surface area (TPSA) is 30.5 Å². The molecule has 0 saturated heterocycles. The van der Waals surface area contributed by atoms with Crippen molar-refractivity contribution in [2.45, 2.75) is 33.4 Å². The van der Waals surface area contributed by atoms with E-state index in [9.17, 15) is 0 Å². The first kappa shape index (κ1) is 14.5. The average Bonchev–Trinajstić information content (AvgIpc) is 2.24. The number of ether oxygens (including phenoxy) is 2. The summed E-state index contributed by atoms with van der Waals surface area (Å²) in [7, 11) is 1.63. The van der Waals surface area contributed by atoms with Crippen molar-refractivity contribution >= 4 is 15.9 Å². The highest BCUT2D eigenvalue weighted by Gasteiger charge is 2.09. The Bertz CT molecular complexity index is 367. The van der Waals surface area contributed by atoms with Gasteiger partial charge in [-0.05, 0) is 24.6 Å². The lowest BCUT2D eigenvalue weighted by Gasteiger charge is -2.16. The molecule has 0 radical (unpaired) electrons. The second-order valence-electron chi connectivity index (χ2n) is 4.30. The van der Waals surface area contributed by atoms with Gasteiger partial charge in [-0.2, -0.15) is 0 Å². The fourth-order valence-electron chi connectivity index (χ4n) is 1.57. The van der Waals surface area contributed by atoms with Crippen molar-refractivity contribution in [1.82, 2.24) is 5.32 Å². The molecule has 1 aromatic rings. The van der Waals surface area contributed by atoms with Crippen LogP contribution in [-0.2, 0) is 11.3 Å². The average molecular weight is 302 g/mol. The molecule has 1 rings (SSSR count). The Morgan fingerprint density at radius 1 is 1.35 bits per heavy atom. The molecule has 0 aliphatic carbocycles. The maximum atomic E-state index is 5.62. The standard InChI is InChI=1S/C13H20BrNO2/c1-9(2)15-7-11-6-12(14)5-10(3)13(11)17-8-16-4/h5-6,9,15H,7-8H2,1-4H3. The Kier molecular flexibility index (Phi) is 5.95. The minimum atomic E-state index is 0.275. The van der Waals surface area contributed by atoms with Crippen LogP contribution in [0.2, 0.25) is 0 Å². The Labute approximate surface area is 112 Å². The summed E-state index contributed by atoms with van der Waals surface area (Å²) in [6.07, 6.45) is 0. The van der Waals surface area contributed by atoms with Gasteiger partial charge < -0.3 is 14.8 Å². The van der Waals surface area contributed by atoms with E-state index in [0.29, 0.717) is 6.04 Å². The SMILES string of the molecule is COCOc1c(C)cc(Br)cc1CNC(C)C. The van der Waals surface area contributed by atoms with Crippen LogP contribution in [0.5, 0.6) is 5.75 Å². The first-order valence-electron chi connectivity index (χ1n) is 5.68. The molecule has 0 spiro atoms. The molecule has 0 amide bonds. The maximum absolute atomic E-state index is 5.62. The lowest BCUT2D eigenvalue weighted by molar-refractivity contribution is 0.0498. The third-order valence-corrected chi connectivity index (χ3v) is 2.80. The van der Waals surface area contributed by atoms with Gasteiger partial charge in [-0.15, -0.1) is 0 Å². The molecule has 0 aliphatic rings. The van der Waals surface area contributed by atoms with Gasteiger partial charge in [0.05, 0.1) is 0 Å². The van der Waals surface area contributed by atoms with Gasteiger partial charge in [-0.3, -0.25) is 0 Å². The number of hydrogen-bond acceptors (Lipinski definition) is 3. The zero-order valence-electron chi connectivity index (χ0n) is 10.8. The van der Waals surface area contributed by atoms with Crippen LogP contribution in [0, 0.1) is 6.92 Å². The smallest absolute Gasteiger partial charge is 0.188 e. The van der Waals surface area contributed by atoms with Crippen molar-refractivity contribution in [1.29, 1.82) is 0 Å². The number of benzene rings is 1. The van der Waals surface area contributed by atoms with Crippen molar-refractivity contribution in [3.63, 3.8) is 0 Å². The van der Waals surface area contributed by atoms with Crippen molar-refractivity contribution < 1.29 is 9.47 Å². The molecule has 1 aromatic carbocycles. The molecule has 17 heavy (non-hydrogen) atoms. The summed E-state index contributed by atoms with van der Waals surface area (Å²) >= 11 is 3.51. The predicted octanol–water partition coefficient (Wildman–Crippen LogP) is 3.24.